The first-order valence-corrected chi connectivity index (χ1v) is 7.59. The van der Waals surface area contributed by atoms with Crippen LogP contribution in [0.15, 0.2) is 12.3 Å². The standard InChI is InChI=1S/C15H22N6O/c1-10-13-8-12(9-16-14(13)19-18-10)17-15(22)11(2)21-6-4-20(3)5-7-21/h8-9,11H,4-7H2,1-3H3,(H,17,22)(H,16,18,19). The lowest BCUT2D eigenvalue weighted by atomic mass is 10.2. The highest BCUT2D eigenvalue weighted by atomic mass is 16.2. The molecule has 0 saturated carbocycles. The molecule has 0 bridgehead atoms. The number of anilines is 1. The molecule has 0 aromatic carbocycles. The Bertz CT molecular complexity index is 674. The van der Waals surface area contributed by atoms with E-state index in [1.807, 2.05) is 19.9 Å². The maximum absolute atomic E-state index is 12.4. The van der Waals surface area contributed by atoms with Crippen molar-refractivity contribution in [3.05, 3.63) is 18.0 Å². The number of hydrogen-bond acceptors (Lipinski definition) is 5. The molecule has 0 aliphatic carbocycles. The van der Waals surface area contributed by atoms with Gasteiger partial charge in [0.25, 0.3) is 0 Å². The summed E-state index contributed by atoms with van der Waals surface area (Å²) in [7, 11) is 2.11. The van der Waals surface area contributed by atoms with Gasteiger partial charge in [0, 0.05) is 37.3 Å². The van der Waals surface area contributed by atoms with Crippen LogP contribution in [-0.4, -0.2) is 70.2 Å². The van der Waals surface area contributed by atoms with Gasteiger partial charge in [-0.25, -0.2) is 4.98 Å². The average molecular weight is 302 g/mol. The number of rotatable bonds is 3. The van der Waals surface area contributed by atoms with Crippen LogP contribution in [0.2, 0.25) is 0 Å². The SMILES string of the molecule is Cc1[nH]nc2ncc(NC(=O)C(C)N3CCN(C)CC3)cc12. The molecule has 118 valence electrons. The van der Waals surface area contributed by atoms with E-state index in [0.717, 1.165) is 37.3 Å². The van der Waals surface area contributed by atoms with Gasteiger partial charge < -0.3 is 10.2 Å². The van der Waals surface area contributed by atoms with Gasteiger partial charge in [-0.05, 0) is 27.0 Å². The third kappa shape index (κ3) is 2.95. The Morgan fingerprint density at radius 2 is 2.09 bits per heavy atom. The third-order valence-corrected chi connectivity index (χ3v) is 4.33. The quantitative estimate of drug-likeness (QED) is 0.878. The van der Waals surface area contributed by atoms with Crippen molar-refractivity contribution >= 4 is 22.6 Å². The second-order valence-corrected chi connectivity index (χ2v) is 5.95. The zero-order chi connectivity index (χ0) is 15.7. The predicted octanol–water partition coefficient (Wildman–Crippen LogP) is 0.841. The smallest absolute Gasteiger partial charge is 0.241 e. The molecule has 1 aliphatic heterocycles. The Morgan fingerprint density at radius 3 is 2.82 bits per heavy atom. The Hall–Kier alpha value is -1.99. The largest absolute Gasteiger partial charge is 0.323 e. The highest BCUT2D eigenvalue weighted by Gasteiger charge is 2.24. The fourth-order valence-corrected chi connectivity index (χ4v) is 2.71. The maximum atomic E-state index is 12.4. The minimum Gasteiger partial charge on any atom is -0.323 e. The number of likely N-dealkylation sites (N-methyl/N-ethyl adjacent to an activating group) is 1. The number of carbonyl (C=O) groups is 1. The third-order valence-electron chi connectivity index (χ3n) is 4.33. The van der Waals surface area contributed by atoms with Crippen LogP contribution in [0.25, 0.3) is 11.0 Å². The Balaban J connectivity index is 1.68. The zero-order valence-electron chi connectivity index (χ0n) is 13.3. The van der Waals surface area contributed by atoms with E-state index >= 15 is 0 Å². The first kappa shape index (κ1) is 14.9. The van der Waals surface area contributed by atoms with Crippen molar-refractivity contribution in [2.75, 3.05) is 38.5 Å². The summed E-state index contributed by atoms with van der Waals surface area (Å²) in [6.07, 6.45) is 1.65. The molecule has 2 N–H and O–H groups in total. The normalized spacial score (nSPS) is 18.5. The number of H-pyrrole nitrogens is 1. The highest BCUT2D eigenvalue weighted by Crippen LogP contribution is 2.18. The number of pyridine rings is 1. The van der Waals surface area contributed by atoms with Gasteiger partial charge in [-0.2, -0.15) is 5.10 Å². The molecule has 0 radical (unpaired) electrons. The monoisotopic (exact) mass is 302 g/mol. The summed E-state index contributed by atoms with van der Waals surface area (Å²) >= 11 is 0. The summed E-state index contributed by atoms with van der Waals surface area (Å²) in [6, 6.07) is 1.77. The highest BCUT2D eigenvalue weighted by molar-refractivity contribution is 5.96. The van der Waals surface area contributed by atoms with Gasteiger partial charge in [-0.15, -0.1) is 0 Å². The van der Waals surface area contributed by atoms with Crippen LogP contribution >= 0.6 is 0 Å². The summed E-state index contributed by atoms with van der Waals surface area (Å²) in [4.78, 5) is 21.2. The minimum absolute atomic E-state index is 0.00634. The van der Waals surface area contributed by atoms with Crippen molar-refractivity contribution in [2.24, 2.45) is 0 Å². The van der Waals surface area contributed by atoms with Gasteiger partial charge in [0.15, 0.2) is 5.65 Å². The molecule has 1 atom stereocenters. The van der Waals surface area contributed by atoms with Gasteiger partial charge in [-0.1, -0.05) is 0 Å². The van der Waals surface area contributed by atoms with Crippen LogP contribution in [0.4, 0.5) is 5.69 Å². The Labute approximate surface area is 129 Å². The molecule has 1 unspecified atom stereocenters. The number of hydrogen-bond donors (Lipinski definition) is 2. The van der Waals surface area contributed by atoms with Crippen LogP contribution in [0.5, 0.6) is 0 Å². The molecule has 1 fully saturated rings. The molecule has 1 saturated heterocycles. The van der Waals surface area contributed by atoms with Crippen LogP contribution in [0.3, 0.4) is 0 Å². The topological polar surface area (TPSA) is 77.1 Å². The van der Waals surface area contributed by atoms with Crippen LogP contribution in [-0.2, 0) is 4.79 Å². The van der Waals surface area contributed by atoms with Crippen LogP contribution in [0, 0.1) is 6.92 Å². The number of aromatic amines is 1. The molecule has 2 aromatic rings. The lowest BCUT2D eigenvalue weighted by Crippen LogP contribution is -2.51. The maximum Gasteiger partial charge on any atom is 0.241 e. The van der Waals surface area contributed by atoms with E-state index in [-0.39, 0.29) is 11.9 Å². The second kappa shape index (κ2) is 6.02. The van der Waals surface area contributed by atoms with E-state index in [1.165, 1.54) is 0 Å². The molecule has 7 nitrogen and oxygen atoms in total. The number of nitrogens with zero attached hydrogens (tertiary/aromatic N) is 4. The molecular formula is C15H22N6O. The number of carbonyl (C=O) groups excluding carboxylic acids is 1. The van der Waals surface area contributed by atoms with E-state index in [9.17, 15) is 4.79 Å². The minimum atomic E-state index is -0.144. The van der Waals surface area contributed by atoms with E-state index in [1.54, 1.807) is 6.20 Å². The fraction of sp³-hybridized carbons (Fsp3) is 0.533. The first-order chi connectivity index (χ1) is 10.5. The summed E-state index contributed by atoms with van der Waals surface area (Å²) in [5, 5.41) is 10.9. The Kier molecular flexibility index (Phi) is 4.08. The van der Waals surface area contributed by atoms with Crippen LogP contribution < -0.4 is 5.32 Å². The fourth-order valence-electron chi connectivity index (χ4n) is 2.71. The molecule has 3 rings (SSSR count). The first-order valence-electron chi connectivity index (χ1n) is 7.59. The number of nitrogens with one attached hydrogen (secondary N) is 2. The van der Waals surface area contributed by atoms with E-state index in [2.05, 4.69) is 37.3 Å². The van der Waals surface area contributed by atoms with Gasteiger partial charge >= 0.3 is 0 Å². The number of aryl methyl sites for hydroxylation is 1. The summed E-state index contributed by atoms with van der Waals surface area (Å²) < 4.78 is 0. The molecule has 2 aromatic heterocycles. The van der Waals surface area contributed by atoms with E-state index in [4.69, 9.17) is 0 Å². The van der Waals surface area contributed by atoms with Crippen molar-refractivity contribution in [1.29, 1.82) is 0 Å². The number of piperazine rings is 1. The van der Waals surface area contributed by atoms with Crippen molar-refractivity contribution in [2.45, 2.75) is 19.9 Å². The lowest BCUT2D eigenvalue weighted by molar-refractivity contribution is -0.121. The summed E-state index contributed by atoms with van der Waals surface area (Å²) in [5.74, 6) is 0.00634. The van der Waals surface area contributed by atoms with Gasteiger partial charge in [0.2, 0.25) is 5.91 Å². The van der Waals surface area contributed by atoms with E-state index in [0.29, 0.717) is 11.3 Å². The van der Waals surface area contributed by atoms with Crippen LogP contribution in [0.1, 0.15) is 12.6 Å². The molecule has 1 aliphatic rings. The van der Waals surface area contributed by atoms with Crippen molar-refractivity contribution in [1.82, 2.24) is 25.0 Å². The van der Waals surface area contributed by atoms with Gasteiger partial charge in [-0.3, -0.25) is 14.8 Å². The van der Waals surface area contributed by atoms with Crippen molar-refractivity contribution < 1.29 is 4.79 Å². The molecule has 22 heavy (non-hydrogen) atoms. The molecule has 3 heterocycles. The molecule has 7 heteroatoms. The predicted molar refractivity (Wildman–Crippen MR) is 85.8 cm³/mol. The summed E-state index contributed by atoms with van der Waals surface area (Å²) in [6.45, 7) is 7.73. The molecule has 0 spiro atoms. The van der Waals surface area contributed by atoms with Crippen molar-refractivity contribution in [3.8, 4) is 0 Å². The zero-order valence-corrected chi connectivity index (χ0v) is 13.3. The van der Waals surface area contributed by atoms with E-state index < -0.39 is 0 Å². The Morgan fingerprint density at radius 1 is 1.36 bits per heavy atom. The second-order valence-electron chi connectivity index (χ2n) is 5.95. The average Bonchev–Trinajstić information content (AvgIpc) is 2.88. The number of aromatic nitrogens is 3. The van der Waals surface area contributed by atoms with Crippen molar-refractivity contribution in [3.63, 3.8) is 0 Å². The lowest BCUT2D eigenvalue weighted by Gasteiger charge is -2.35. The van der Waals surface area contributed by atoms with Gasteiger partial charge in [0.1, 0.15) is 0 Å². The number of amides is 1. The van der Waals surface area contributed by atoms with Gasteiger partial charge in [0.05, 0.1) is 17.9 Å². The number of fused-ring (bicyclic) bond motifs is 1. The summed E-state index contributed by atoms with van der Waals surface area (Å²) in [5.41, 5.74) is 2.33. The molecular weight excluding hydrogens is 280 g/mol. The molecule has 1 amide bonds.